The van der Waals surface area contributed by atoms with Crippen LogP contribution >= 0.6 is 0 Å². The fourth-order valence-corrected chi connectivity index (χ4v) is 4.75. The van der Waals surface area contributed by atoms with Crippen LogP contribution in [0.25, 0.3) is 0 Å². The Morgan fingerprint density at radius 1 is 0.690 bits per heavy atom. The van der Waals surface area contributed by atoms with Crippen molar-refractivity contribution in [3.8, 4) is 0 Å². The van der Waals surface area contributed by atoms with E-state index < -0.39 is 48.6 Å². The number of hydrogen-bond donors (Lipinski definition) is 0. The van der Waals surface area contributed by atoms with Gasteiger partial charge in [-0.2, -0.15) is 0 Å². The molecule has 0 aromatic heterocycles. The fraction of sp³-hybridized carbons (Fsp3) is 0.677. The molecule has 0 bridgehead atoms. The average molecular weight is 595 g/mol. The summed E-state index contributed by atoms with van der Waals surface area (Å²) in [5.74, 6) is -2.19. The van der Waals surface area contributed by atoms with Crippen LogP contribution in [0.3, 0.4) is 0 Å². The summed E-state index contributed by atoms with van der Waals surface area (Å²) in [6.07, 6.45) is 3.61. The van der Waals surface area contributed by atoms with Crippen LogP contribution in [0, 0.1) is 0 Å². The molecule has 1 aliphatic rings. The molecule has 1 aromatic carbocycles. The molecule has 0 saturated carbocycles. The minimum atomic E-state index is -1.34. The van der Waals surface area contributed by atoms with E-state index in [-0.39, 0.29) is 12.6 Å². The molecule has 5 atom stereocenters. The summed E-state index contributed by atoms with van der Waals surface area (Å²) in [6, 6.07) is 9.30. The van der Waals surface area contributed by atoms with Gasteiger partial charge < -0.3 is 33.2 Å². The highest BCUT2D eigenvalue weighted by molar-refractivity contribution is 5.77. The van der Waals surface area contributed by atoms with Crippen LogP contribution in [0.2, 0.25) is 0 Å². The van der Waals surface area contributed by atoms with Crippen molar-refractivity contribution >= 4 is 23.9 Å². The van der Waals surface area contributed by atoms with E-state index in [1.807, 2.05) is 30.3 Å². The van der Waals surface area contributed by atoms with Gasteiger partial charge in [0.25, 0.3) is 0 Å². The molecule has 1 heterocycles. The molecule has 236 valence electrons. The lowest BCUT2D eigenvalue weighted by Gasteiger charge is -2.43. The highest BCUT2D eigenvalue weighted by atomic mass is 16.7. The predicted molar refractivity (Wildman–Crippen MR) is 151 cm³/mol. The number of carbonyl (C=O) groups excluding carboxylic acids is 4. The maximum atomic E-state index is 12.7. The topological polar surface area (TPSA) is 133 Å². The van der Waals surface area contributed by atoms with Gasteiger partial charge in [-0.1, -0.05) is 75.3 Å². The summed E-state index contributed by atoms with van der Waals surface area (Å²) in [6.45, 7) is 2.86. The molecule has 0 N–H and O–H groups in total. The van der Waals surface area contributed by atoms with Gasteiger partial charge in [0.1, 0.15) is 6.10 Å². The maximum Gasteiger partial charge on any atom is 0.339 e. The van der Waals surface area contributed by atoms with Crippen molar-refractivity contribution in [3.63, 3.8) is 0 Å². The normalized spacial score (nSPS) is 21.8. The number of benzene rings is 1. The molecule has 0 aliphatic carbocycles. The number of esters is 4. The first-order valence-corrected chi connectivity index (χ1v) is 14.7. The fourth-order valence-electron chi connectivity index (χ4n) is 4.75. The Bertz CT molecular complexity index is 951. The molecule has 11 nitrogen and oxygen atoms in total. The van der Waals surface area contributed by atoms with E-state index in [0.29, 0.717) is 13.0 Å². The van der Waals surface area contributed by atoms with Crippen molar-refractivity contribution in [1.82, 2.24) is 0 Å². The SMILES string of the molecule is COC(=O)CCCCCCCCCCCO[C@@H]1O[C@H](C(=O)OC)[C@@H](OC(C)=O)[C@H](OCc2ccccc2)[C@H]1OC(C)=O. The largest absolute Gasteiger partial charge is 0.469 e. The molecule has 42 heavy (non-hydrogen) atoms. The summed E-state index contributed by atoms with van der Waals surface area (Å²) < 4.78 is 38.6. The van der Waals surface area contributed by atoms with Crippen molar-refractivity contribution in [1.29, 1.82) is 0 Å². The second-order valence-electron chi connectivity index (χ2n) is 10.2. The molecule has 1 aromatic rings. The monoisotopic (exact) mass is 594 g/mol. The van der Waals surface area contributed by atoms with E-state index in [9.17, 15) is 19.2 Å². The summed E-state index contributed by atoms with van der Waals surface area (Å²) in [4.78, 5) is 47.9. The first kappa shape index (κ1) is 35.2. The molecular weight excluding hydrogens is 548 g/mol. The van der Waals surface area contributed by atoms with E-state index in [4.69, 9.17) is 28.4 Å². The van der Waals surface area contributed by atoms with Crippen molar-refractivity contribution in [3.05, 3.63) is 35.9 Å². The van der Waals surface area contributed by atoms with Gasteiger partial charge in [0.15, 0.2) is 24.6 Å². The third-order valence-electron chi connectivity index (χ3n) is 6.85. The lowest BCUT2D eigenvalue weighted by molar-refractivity contribution is -0.307. The van der Waals surface area contributed by atoms with Gasteiger partial charge >= 0.3 is 23.9 Å². The molecule has 1 saturated heterocycles. The van der Waals surface area contributed by atoms with Crippen LogP contribution in [0.1, 0.15) is 83.6 Å². The van der Waals surface area contributed by atoms with E-state index in [1.54, 1.807) is 0 Å². The zero-order valence-electron chi connectivity index (χ0n) is 25.2. The van der Waals surface area contributed by atoms with Crippen LogP contribution in [0.15, 0.2) is 30.3 Å². The number of methoxy groups -OCH3 is 2. The minimum absolute atomic E-state index is 0.104. The van der Waals surface area contributed by atoms with Gasteiger partial charge in [0, 0.05) is 26.9 Å². The zero-order valence-corrected chi connectivity index (χ0v) is 25.2. The van der Waals surface area contributed by atoms with Crippen molar-refractivity contribution in [2.75, 3.05) is 20.8 Å². The Balaban J connectivity index is 1.94. The molecule has 0 spiro atoms. The molecule has 0 radical (unpaired) electrons. The first-order valence-electron chi connectivity index (χ1n) is 14.7. The predicted octanol–water partition coefficient (Wildman–Crippen LogP) is 4.42. The first-order chi connectivity index (χ1) is 20.3. The molecule has 0 unspecified atom stereocenters. The van der Waals surface area contributed by atoms with Gasteiger partial charge in [-0.25, -0.2) is 4.79 Å². The lowest BCUT2D eigenvalue weighted by Crippen LogP contribution is -2.63. The Labute approximate surface area is 248 Å². The summed E-state index contributed by atoms with van der Waals surface area (Å²) in [7, 11) is 2.61. The summed E-state index contributed by atoms with van der Waals surface area (Å²) >= 11 is 0. The molecule has 1 fully saturated rings. The van der Waals surface area contributed by atoms with E-state index in [1.165, 1.54) is 28.1 Å². The van der Waals surface area contributed by atoms with Crippen LogP contribution < -0.4 is 0 Å². The van der Waals surface area contributed by atoms with Crippen LogP contribution in [-0.2, 0) is 58.9 Å². The van der Waals surface area contributed by atoms with Crippen molar-refractivity contribution < 1.29 is 52.3 Å². The highest BCUT2D eigenvalue weighted by Gasteiger charge is 2.54. The number of rotatable bonds is 19. The van der Waals surface area contributed by atoms with Gasteiger partial charge in [0.2, 0.25) is 0 Å². The van der Waals surface area contributed by atoms with Crippen molar-refractivity contribution in [2.45, 2.75) is 115 Å². The molecule has 1 aliphatic heterocycles. The Morgan fingerprint density at radius 3 is 1.83 bits per heavy atom. The quantitative estimate of drug-likeness (QED) is 0.128. The van der Waals surface area contributed by atoms with Crippen LogP contribution in [0.4, 0.5) is 0 Å². The van der Waals surface area contributed by atoms with E-state index in [0.717, 1.165) is 63.4 Å². The molecule has 2 rings (SSSR count). The molecular formula is C31H46O11. The number of unbranched alkanes of at least 4 members (excludes halogenated alkanes) is 8. The van der Waals surface area contributed by atoms with Crippen molar-refractivity contribution in [2.24, 2.45) is 0 Å². The molecule has 0 amide bonds. The lowest BCUT2D eigenvalue weighted by atomic mass is 9.97. The van der Waals surface area contributed by atoms with Crippen LogP contribution in [0.5, 0.6) is 0 Å². The van der Waals surface area contributed by atoms with Gasteiger partial charge in [0.05, 0.1) is 20.8 Å². The Hall–Kier alpha value is -3.02. The number of ether oxygens (including phenoxy) is 7. The van der Waals surface area contributed by atoms with E-state index >= 15 is 0 Å². The Morgan fingerprint density at radius 2 is 1.26 bits per heavy atom. The highest BCUT2D eigenvalue weighted by Crippen LogP contribution is 2.31. The minimum Gasteiger partial charge on any atom is -0.469 e. The zero-order chi connectivity index (χ0) is 30.7. The second-order valence-corrected chi connectivity index (χ2v) is 10.2. The standard InChI is InChI=1S/C31H46O11/c1-22(32)40-27-26(39-21-24-17-13-12-14-18-24)29(41-23(2)33)31(42-28(27)30(35)37-4)38-20-16-11-9-7-5-6-8-10-15-19-25(34)36-3/h12-14,17-18,26-29,31H,5-11,15-16,19-21H2,1-4H3/t26-,27-,28-,29+,31+/m0/s1. The smallest absolute Gasteiger partial charge is 0.339 e. The summed E-state index contributed by atoms with van der Waals surface area (Å²) in [5.41, 5.74) is 0.834. The Kier molecular flexibility index (Phi) is 16.7. The summed E-state index contributed by atoms with van der Waals surface area (Å²) in [5, 5.41) is 0. The van der Waals surface area contributed by atoms with Gasteiger partial charge in [-0.05, 0) is 18.4 Å². The van der Waals surface area contributed by atoms with Crippen LogP contribution in [-0.4, -0.2) is 75.4 Å². The average Bonchev–Trinajstić information content (AvgIpc) is 2.97. The van der Waals surface area contributed by atoms with Gasteiger partial charge in [-0.3, -0.25) is 14.4 Å². The van der Waals surface area contributed by atoms with Gasteiger partial charge in [-0.15, -0.1) is 0 Å². The molecule has 11 heteroatoms. The second kappa shape index (κ2) is 20.0. The maximum absolute atomic E-state index is 12.7. The van der Waals surface area contributed by atoms with E-state index in [2.05, 4.69) is 4.74 Å². The number of hydrogen-bond acceptors (Lipinski definition) is 11. The third-order valence-corrected chi connectivity index (χ3v) is 6.85. The third kappa shape index (κ3) is 12.9. The number of carbonyl (C=O) groups is 4.